The van der Waals surface area contributed by atoms with Crippen LogP contribution in [0, 0.1) is 0 Å². The summed E-state index contributed by atoms with van der Waals surface area (Å²) in [5, 5.41) is 3.68. The van der Waals surface area contributed by atoms with Crippen LogP contribution in [-0.2, 0) is 19.6 Å². The number of hydrogen-bond donors (Lipinski definition) is 1. The molecule has 1 N–H and O–H groups in total. The molecule has 0 amide bonds. The fraction of sp³-hybridized carbons (Fsp3) is 1.00. The first kappa shape index (κ1) is 13.5. The fourth-order valence-corrected chi connectivity index (χ4v) is 3.56. The highest BCUT2D eigenvalue weighted by Gasteiger charge is 2.50. The van der Waals surface area contributed by atoms with Gasteiger partial charge in [0.2, 0.25) is 11.6 Å². The van der Waals surface area contributed by atoms with Gasteiger partial charge in [-0.1, -0.05) is 6.42 Å². The summed E-state index contributed by atoms with van der Waals surface area (Å²) in [6.45, 7) is 0. The molecule has 114 valence electrons. The minimum atomic E-state index is -0.662. The molecule has 0 atom stereocenters. The quantitative estimate of drug-likeness (QED) is 0.790. The molecule has 1 aliphatic heterocycles. The van der Waals surface area contributed by atoms with Crippen molar-refractivity contribution in [2.24, 2.45) is 0 Å². The van der Waals surface area contributed by atoms with Crippen molar-refractivity contribution in [1.29, 1.82) is 0 Å². The Bertz CT molecular complexity index is 332. The van der Waals surface area contributed by atoms with Gasteiger partial charge in [0.1, 0.15) is 0 Å². The molecule has 0 radical (unpaired) electrons. The van der Waals surface area contributed by atoms with Gasteiger partial charge in [-0.15, -0.1) is 0 Å². The van der Waals surface area contributed by atoms with Gasteiger partial charge < -0.3 is 5.32 Å². The maximum absolute atomic E-state index is 5.69. The smallest absolute Gasteiger partial charge is 0.234 e. The van der Waals surface area contributed by atoms with Gasteiger partial charge in [0.15, 0.2) is 0 Å². The summed E-state index contributed by atoms with van der Waals surface area (Å²) in [6.07, 6.45) is 11.7. The molecule has 4 aliphatic rings. The lowest BCUT2D eigenvalue weighted by molar-refractivity contribution is -0.662. The van der Waals surface area contributed by atoms with Crippen molar-refractivity contribution in [2.45, 2.75) is 94.3 Å². The minimum absolute atomic E-state index is 0.603. The molecular weight excluding hydrogens is 258 g/mol. The van der Waals surface area contributed by atoms with E-state index in [4.69, 9.17) is 19.6 Å². The Hall–Kier alpha value is -0.200. The summed E-state index contributed by atoms with van der Waals surface area (Å²) >= 11 is 0. The zero-order valence-corrected chi connectivity index (χ0v) is 12.1. The van der Waals surface area contributed by atoms with Crippen molar-refractivity contribution in [3.63, 3.8) is 0 Å². The molecule has 0 aromatic rings. The Morgan fingerprint density at radius 1 is 0.600 bits per heavy atom. The second kappa shape index (κ2) is 5.21. The average Bonchev–Trinajstić information content (AvgIpc) is 3.31. The standard InChI is InChI=1S/C15H25NO4/c1-2-8-14(9-3-1)17-19-15(20-18-14)10-6-13(7-11-15)16-12-4-5-12/h12-13,16H,1-11H2. The van der Waals surface area contributed by atoms with Gasteiger partial charge in [0.05, 0.1) is 0 Å². The summed E-state index contributed by atoms with van der Waals surface area (Å²) in [4.78, 5) is 22.7. The van der Waals surface area contributed by atoms with Crippen LogP contribution in [0.5, 0.6) is 0 Å². The molecule has 4 fully saturated rings. The zero-order valence-electron chi connectivity index (χ0n) is 12.1. The van der Waals surface area contributed by atoms with Crippen molar-refractivity contribution in [3.8, 4) is 0 Å². The summed E-state index contributed by atoms with van der Waals surface area (Å²) in [5.41, 5.74) is 0. The van der Waals surface area contributed by atoms with Gasteiger partial charge >= 0.3 is 0 Å². The van der Waals surface area contributed by atoms with Crippen LogP contribution >= 0.6 is 0 Å². The molecule has 5 nitrogen and oxygen atoms in total. The van der Waals surface area contributed by atoms with Crippen LogP contribution in [0.3, 0.4) is 0 Å². The Morgan fingerprint density at radius 2 is 1.10 bits per heavy atom. The van der Waals surface area contributed by atoms with Crippen molar-refractivity contribution in [2.75, 3.05) is 0 Å². The maximum atomic E-state index is 5.69. The van der Waals surface area contributed by atoms with Crippen molar-refractivity contribution in [3.05, 3.63) is 0 Å². The summed E-state index contributed by atoms with van der Waals surface area (Å²) in [6, 6.07) is 1.37. The lowest BCUT2D eigenvalue weighted by Crippen LogP contribution is -2.54. The van der Waals surface area contributed by atoms with E-state index in [1.807, 2.05) is 0 Å². The van der Waals surface area contributed by atoms with E-state index in [0.717, 1.165) is 57.4 Å². The van der Waals surface area contributed by atoms with Crippen LogP contribution in [0.4, 0.5) is 0 Å². The molecule has 0 aromatic carbocycles. The van der Waals surface area contributed by atoms with Crippen LogP contribution in [-0.4, -0.2) is 23.7 Å². The third kappa shape index (κ3) is 2.74. The summed E-state index contributed by atoms with van der Waals surface area (Å²) < 4.78 is 0. The van der Waals surface area contributed by atoms with Gasteiger partial charge in [-0.2, -0.15) is 19.6 Å². The lowest BCUT2D eigenvalue weighted by Gasteiger charge is -2.46. The topological polar surface area (TPSA) is 49.0 Å². The fourth-order valence-electron chi connectivity index (χ4n) is 3.56. The van der Waals surface area contributed by atoms with E-state index in [2.05, 4.69) is 5.32 Å². The van der Waals surface area contributed by atoms with Crippen LogP contribution in [0.1, 0.15) is 70.6 Å². The molecular formula is C15H25NO4. The number of nitrogens with one attached hydrogen (secondary N) is 1. The predicted molar refractivity (Wildman–Crippen MR) is 71.3 cm³/mol. The van der Waals surface area contributed by atoms with E-state index in [0.29, 0.717) is 6.04 Å². The molecule has 4 rings (SSSR count). The third-order valence-corrected chi connectivity index (χ3v) is 5.10. The molecule has 2 spiro atoms. The van der Waals surface area contributed by atoms with E-state index in [-0.39, 0.29) is 0 Å². The van der Waals surface area contributed by atoms with E-state index in [9.17, 15) is 0 Å². The van der Waals surface area contributed by atoms with Crippen molar-refractivity contribution < 1.29 is 19.6 Å². The molecule has 1 saturated heterocycles. The van der Waals surface area contributed by atoms with E-state index in [1.165, 1.54) is 19.3 Å². The van der Waals surface area contributed by atoms with Gasteiger partial charge in [-0.3, -0.25) is 0 Å². The Kier molecular flexibility index (Phi) is 3.51. The summed E-state index contributed by atoms with van der Waals surface area (Å²) in [7, 11) is 0. The minimum Gasteiger partial charge on any atom is -0.311 e. The van der Waals surface area contributed by atoms with Crippen LogP contribution in [0.25, 0.3) is 0 Å². The SMILES string of the molecule is C1CCC2(CC1)OOC1(CCC(NC3CC3)CC1)OO2. The predicted octanol–water partition coefficient (Wildman–Crippen LogP) is 2.95. The highest BCUT2D eigenvalue weighted by Crippen LogP contribution is 2.44. The van der Waals surface area contributed by atoms with Gasteiger partial charge in [-0.25, -0.2) is 0 Å². The Balaban J connectivity index is 1.30. The highest BCUT2D eigenvalue weighted by molar-refractivity contribution is 4.89. The third-order valence-electron chi connectivity index (χ3n) is 5.10. The van der Waals surface area contributed by atoms with Gasteiger partial charge in [0, 0.05) is 37.8 Å². The second-order valence-electron chi connectivity index (χ2n) is 6.93. The maximum Gasteiger partial charge on any atom is 0.234 e. The van der Waals surface area contributed by atoms with Gasteiger partial charge in [-0.05, 0) is 38.5 Å². The highest BCUT2D eigenvalue weighted by atomic mass is 17.4. The monoisotopic (exact) mass is 283 g/mol. The lowest BCUT2D eigenvalue weighted by atomic mass is 9.90. The zero-order chi connectivity index (χ0) is 13.5. The molecule has 20 heavy (non-hydrogen) atoms. The van der Waals surface area contributed by atoms with Crippen LogP contribution in [0.2, 0.25) is 0 Å². The number of rotatable bonds is 2. The Morgan fingerprint density at radius 3 is 1.65 bits per heavy atom. The average molecular weight is 283 g/mol. The first-order valence-electron chi connectivity index (χ1n) is 8.27. The largest absolute Gasteiger partial charge is 0.311 e. The van der Waals surface area contributed by atoms with Crippen LogP contribution in [0.15, 0.2) is 0 Å². The normalized spacial score (nSPS) is 33.6. The first-order valence-corrected chi connectivity index (χ1v) is 8.27. The molecule has 1 heterocycles. The molecule has 3 saturated carbocycles. The number of hydrogen-bond acceptors (Lipinski definition) is 5. The van der Waals surface area contributed by atoms with Crippen molar-refractivity contribution >= 4 is 0 Å². The Labute approximate surface area is 120 Å². The molecule has 3 aliphatic carbocycles. The first-order chi connectivity index (χ1) is 9.78. The molecule has 0 bridgehead atoms. The van der Waals surface area contributed by atoms with E-state index >= 15 is 0 Å². The molecule has 0 unspecified atom stereocenters. The second-order valence-corrected chi connectivity index (χ2v) is 6.93. The van der Waals surface area contributed by atoms with Crippen LogP contribution < -0.4 is 5.32 Å². The van der Waals surface area contributed by atoms with Crippen molar-refractivity contribution in [1.82, 2.24) is 5.32 Å². The summed E-state index contributed by atoms with van der Waals surface area (Å²) in [5.74, 6) is -1.29. The van der Waals surface area contributed by atoms with E-state index < -0.39 is 11.6 Å². The molecule has 0 aromatic heterocycles. The van der Waals surface area contributed by atoms with Gasteiger partial charge in [0.25, 0.3) is 0 Å². The molecule has 5 heteroatoms. The van der Waals surface area contributed by atoms with E-state index in [1.54, 1.807) is 0 Å².